The summed E-state index contributed by atoms with van der Waals surface area (Å²) in [6.45, 7) is 2.12. The van der Waals surface area contributed by atoms with Gasteiger partial charge in [0.25, 0.3) is 0 Å². The predicted octanol–water partition coefficient (Wildman–Crippen LogP) is 3.62. The van der Waals surface area contributed by atoms with E-state index in [1.54, 1.807) is 24.3 Å². The molecule has 0 aliphatic rings. The highest BCUT2D eigenvalue weighted by Gasteiger charge is 2.12. The molecule has 0 aromatic heterocycles. The van der Waals surface area contributed by atoms with Crippen molar-refractivity contribution in [3.05, 3.63) is 64.7 Å². The van der Waals surface area contributed by atoms with Crippen LogP contribution in [0.3, 0.4) is 0 Å². The molecule has 0 amide bonds. The molecule has 0 atom stereocenters. The minimum atomic E-state index is -3.54. The quantitative estimate of drug-likeness (QED) is 0.840. The number of hydrogen-bond acceptors (Lipinski definition) is 2. The van der Waals surface area contributed by atoms with Gasteiger partial charge in [-0.3, -0.25) is 0 Å². The normalized spacial score (nSPS) is 10.9. The van der Waals surface area contributed by atoms with Crippen LogP contribution in [0.1, 0.15) is 24.5 Å². The standard InChI is InChI=1S/C18H18ClNO2S/c1-2-6-15-10-12-17(13-11-15)23(21,22)20-14-5-8-16-7-3-4-9-18(16)19/h3-4,7,9-13,20H,2,6,14H2,1H3. The maximum Gasteiger partial charge on any atom is 0.241 e. The first-order valence-electron chi connectivity index (χ1n) is 7.35. The van der Waals surface area contributed by atoms with Crippen molar-refractivity contribution in [1.29, 1.82) is 0 Å². The van der Waals surface area contributed by atoms with E-state index in [9.17, 15) is 8.42 Å². The van der Waals surface area contributed by atoms with Gasteiger partial charge in [0.1, 0.15) is 0 Å². The fourth-order valence-corrected chi connectivity index (χ4v) is 3.15. The first-order valence-corrected chi connectivity index (χ1v) is 9.21. The van der Waals surface area contributed by atoms with Crippen LogP contribution in [-0.4, -0.2) is 15.0 Å². The number of halogens is 1. The van der Waals surface area contributed by atoms with Crippen LogP contribution in [0.4, 0.5) is 0 Å². The van der Waals surface area contributed by atoms with Gasteiger partial charge in [0, 0.05) is 5.56 Å². The van der Waals surface area contributed by atoms with Crippen LogP contribution in [0.5, 0.6) is 0 Å². The van der Waals surface area contributed by atoms with Crippen LogP contribution in [0.2, 0.25) is 5.02 Å². The third-order valence-corrected chi connectivity index (χ3v) is 4.97. The van der Waals surface area contributed by atoms with Gasteiger partial charge in [-0.25, -0.2) is 8.42 Å². The van der Waals surface area contributed by atoms with Gasteiger partial charge in [-0.15, -0.1) is 0 Å². The molecule has 0 spiro atoms. The smallest absolute Gasteiger partial charge is 0.207 e. The van der Waals surface area contributed by atoms with Gasteiger partial charge in [-0.1, -0.05) is 61.1 Å². The highest BCUT2D eigenvalue weighted by atomic mass is 35.5. The number of hydrogen-bond donors (Lipinski definition) is 1. The van der Waals surface area contributed by atoms with Crippen LogP contribution in [0.15, 0.2) is 53.4 Å². The van der Waals surface area contributed by atoms with E-state index in [0.29, 0.717) is 10.6 Å². The van der Waals surface area contributed by atoms with E-state index in [4.69, 9.17) is 11.6 Å². The largest absolute Gasteiger partial charge is 0.241 e. The van der Waals surface area contributed by atoms with Crippen molar-refractivity contribution >= 4 is 21.6 Å². The third kappa shape index (κ3) is 5.11. The van der Waals surface area contributed by atoms with E-state index >= 15 is 0 Å². The van der Waals surface area contributed by atoms with Crippen molar-refractivity contribution in [1.82, 2.24) is 4.72 Å². The van der Waals surface area contributed by atoms with Gasteiger partial charge in [0.2, 0.25) is 10.0 Å². The minimum Gasteiger partial charge on any atom is -0.207 e. The molecule has 0 heterocycles. The Morgan fingerprint density at radius 1 is 1.09 bits per heavy atom. The Hall–Kier alpha value is -1.80. The van der Waals surface area contributed by atoms with Gasteiger partial charge in [0.05, 0.1) is 16.5 Å². The molecule has 0 saturated carbocycles. The molecule has 0 unspecified atom stereocenters. The Morgan fingerprint density at radius 2 is 1.78 bits per heavy atom. The molecule has 2 aromatic carbocycles. The number of aryl methyl sites for hydroxylation is 1. The summed E-state index contributed by atoms with van der Waals surface area (Å²) in [5.74, 6) is 5.63. The number of sulfonamides is 1. The van der Waals surface area contributed by atoms with Crippen molar-refractivity contribution in [2.75, 3.05) is 6.54 Å². The molecule has 23 heavy (non-hydrogen) atoms. The van der Waals surface area contributed by atoms with Gasteiger partial charge >= 0.3 is 0 Å². The summed E-state index contributed by atoms with van der Waals surface area (Å²) in [7, 11) is -3.54. The second-order valence-corrected chi connectivity index (χ2v) is 7.17. The van der Waals surface area contributed by atoms with Crippen molar-refractivity contribution in [3.8, 4) is 11.8 Å². The second-order valence-electron chi connectivity index (χ2n) is 5.00. The number of rotatable bonds is 5. The summed E-state index contributed by atoms with van der Waals surface area (Å²) in [4.78, 5) is 0.247. The lowest BCUT2D eigenvalue weighted by Crippen LogP contribution is -2.24. The summed E-state index contributed by atoms with van der Waals surface area (Å²) < 4.78 is 26.8. The van der Waals surface area contributed by atoms with E-state index in [2.05, 4.69) is 23.5 Å². The Labute approximate surface area is 142 Å². The fraction of sp³-hybridized carbons (Fsp3) is 0.222. The van der Waals surface area contributed by atoms with E-state index in [1.807, 2.05) is 24.3 Å². The van der Waals surface area contributed by atoms with Crippen LogP contribution in [0, 0.1) is 11.8 Å². The maximum atomic E-state index is 12.2. The average Bonchev–Trinajstić information content (AvgIpc) is 2.54. The van der Waals surface area contributed by atoms with Gasteiger partial charge in [-0.05, 0) is 36.2 Å². The number of benzene rings is 2. The van der Waals surface area contributed by atoms with Crippen LogP contribution in [-0.2, 0) is 16.4 Å². The predicted molar refractivity (Wildman–Crippen MR) is 94.0 cm³/mol. The van der Waals surface area contributed by atoms with E-state index in [-0.39, 0.29) is 11.4 Å². The zero-order valence-electron chi connectivity index (χ0n) is 12.8. The lowest BCUT2D eigenvalue weighted by molar-refractivity contribution is 0.586. The van der Waals surface area contributed by atoms with Crippen molar-refractivity contribution in [3.63, 3.8) is 0 Å². The molecular weight excluding hydrogens is 330 g/mol. The van der Waals surface area contributed by atoms with E-state index in [1.165, 1.54) is 0 Å². The lowest BCUT2D eigenvalue weighted by Gasteiger charge is -2.05. The topological polar surface area (TPSA) is 46.2 Å². The molecule has 2 rings (SSSR count). The zero-order valence-corrected chi connectivity index (χ0v) is 14.4. The van der Waals surface area contributed by atoms with Crippen LogP contribution < -0.4 is 4.72 Å². The SMILES string of the molecule is CCCc1ccc(S(=O)(=O)NCC#Cc2ccccc2Cl)cc1. The van der Waals surface area contributed by atoms with Gasteiger partial charge in [0.15, 0.2) is 0 Å². The Kier molecular flexibility index (Phi) is 6.23. The fourth-order valence-electron chi connectivity index (χ4n) is 2.04. The first-order chi connectivity index (χ1) is 11.0. The summed E-state index contributed by atoms with van der Waals surface area (Å²) in [5.41, 5.74) is 1.81. The van der Waals surface area contributed by atoms with Gasteiger partial charge < -0.3 is 0 Å². The average molecular weight is 348 g/mol. The molecule has 0 aliphatic carbocycles. The molecule has 0 saturated heterocycles. The Balaban J connectivity index is 2.01. The van der Waals surface area contributed by atoms with Crippen LogP contribution >= 0.6 is 11.6 Å². The van der Waals surface area contributed by atoms with Gasteiger partial charge in [-0.2, -0.15) is 4.72 Å². The molecule has 5 heteroatoms. The third-order valence-electron chi connectivity index (χ3n) is 3.22. The molecular formula is C18H18ClNO2S. The lowest BCUT2D eigenvalue weighted by atomic mass is 10.1. The molecule has 0 fully saturated rings. The summed E-state index contributed by atoms with van der Waals surface area (Å²) in [6, 6.07) is 14.1. The van der Waals surface area contributed by atoms with E-state index < -0.39 is 10.0 Å². The minimum absolute atomic E-state index is 0.0320. The molecule has 120 valence electrons. The molecule has 0 radical (unpaired) electrons. The summed E-state index contributed by atoms with van der Waals surface area (Å²) >= 11 is 5.99. The summed E-state index contributed by atoms with van der Waals surface area (Å²) in [5, 5.41) is 0.550. The molecule has 0 aliphatic heterocycles. The molecule has 2 aromatic rings. The van der Waals surface area contributed by atoms with Crippen molar-refractivity contribution in [2.24, 2.45) is 0 Å². The molecule has 3 nitrogen and oxygen atoms in total. The first kappa shape index (κ1) is 17.6. The zero-order chi connectivity index (χ0) is 16.7. The summed E-state index contributed by atoms with van der Waals surface area (Å²) in [6.07, 6.45) is 1.97. The highest BCUT2D eigenvalue weighted by Crippen LogP contribution is 2.13. The Morgan fingerprint density at radius 3 is 2.43 bits per heavy atom. The maximum absolute atomic E-state index is 12.2. The monoisotopic (exact) mass is 347 g/mol. The van der Waals surface area contributed by atoms with E-state index in [0.717, 1.165) is 18.4 Å². The van der Waals surface area contributed by atoms with Crippen molar-refractivity contribution in [2.45, 2.75) is 24.7 Å². The Bertz CT molecular complexity index is 818. The van der Waals surface area contributed by atoms with Crippen LogP contribution in [0.25, 0.3) is 0 Å². The van der Waals surface area contributed by atoms with Crippen molar-refractivity contribution < 1.29 is 8.42 Å². The molecule has 1 N–H and O–H groups in total. The number of nitrogens with one attached hydrogen (secondary N) is 1. The second kappa shape index (κ2) is 8.16. The highest BCUT2D eigenvalue weighted by molar-refractivity contribution is 7.89. The molecule has 0 bridgehead atoms.